The lowest BCUT2D eigenvalue weighted by atomic mass is 10.0. The maximum atomic E-state index is 12.9. The van der Waals surface area contributed by atoms with Gasteiger partial charge in [-0.3, -0.25) is 0 Å². The van der Waals surface area contributed by atoms with Crippen molar-refractivity contribution >= 4 is 17.2 Å². The summed E-state index contributed by atoms with van der Waals surface area (Å²) in [7, 11) is 2.49. The smallest absolute Gasteiger partial charge is 0.416 e. The Kier molecular flexibility index (Phi) is 7.84. The maximum absolute atomic E-state index is 12.9. The minimum Gasteiger partial charge on any atom is -0.503 e. The van der Waals surface area contributed by atoms with E-state index >= 15 is 0 Å². The number of methoxy groups -OCH3 is 2. The van der Waals surface area contributed by atoms with Gasteiger partial charge in [0.05, 0.1) is 37.3 Å². The predicted octanol–water partition coefficient (Wildman–Crippen LogP) is 6.10. The van der Waals surface area contributed by atoms with Crippen molar-refractivity contribution in [2.75, 3.05) is 14.2 Å². The lowest BCUT2D eigenvalue weighted by Gasteiger charge is -2.12. The van der Waals surface area contributed by atoms with E-state index < -0.39 is 35.1 Å². The van der Waals surface area contributed by atoms with E-state index in [1.165, 1.54) is 14.2 Å². The third kappa shape index (κ3) is 6.46. The van der Waals surface area contributed by atoms with Gasteiger partial charge < -0.3 is 14.3 Å². The lowest BCUT2D eigenvalue weighted by Crippen LogP contribution is -2.10. The number of rotatable bonds is 7. The van der Waals surface area contributed by atoms with Crippen LogP contribution >= 0.6 is 0 Å². The van der Waals surface area contributed by atoms with Gasteiger partial charge in [-0.2, -0.15) is 26.3 Å². The first-order valence-corrected chi connectivity index (χ1v) is 8.69. The number of alkyl halides is 6. The van der Waals surface area contributed by atoms with Gasteiger partial charge in [0.25, 0.3) is 0 Å². The summed E-state index contributed by atoms with van der Waals surface area (Å²) in [5.41, 5.74) is -2.94. The molecule has 6 nitrogen and oxygen atoms in total. The molecule has 0 fully saturated rings. The summed E-state index contributed by atoms with van der Waals surface area (Å²) in [5, 5.41) is 6.52. The monoisotopic (exact) mass is 462 g/mol. The molecule has 0 atom stereocenters. The van der Waals surface area contributed by atoms with Crippen molar-refractivity contribution in [3.63, 3.8) is 0 Å². The van der Waals surface area contributed by atoms with Gasteiger partial charge in [-0.05, 0) is 23.8 Å². The Bertz CT molecular complexity index is 984. The lowest BCUT2D eigenvalue weighted by molar-refractivity contribution is -0.143. The van der Waals surface area contributed by atoms with Crippen LogP contribution in [0.1, 0.15) is 22.3 Å². The van der Waals surface area contributed by atoms with Crippen LogP contribution in [0, 0.1) is 0 Å². The molecule has 172 valence electrons. The molecule has 0 amide bonds. The van der Waals surface area contributed by atoms with Gasteiger partial charge in [-0.1, -0.05) is 24.3 Å². The summed E-state index contributed by atoms with van der Waals surface area (Å²) >= 11 is 0. The molecule has 0 aromatic heterocycles. The first-order chi connectivity index (χ1) is 15.0. The van der Waals surface area contributed by atoms with E-state index in [4.69, 9.17) is 9.57 Å². The highest BCUT2D eigenvalue weighted by Crippen LogP contribution is 2.38. The molecular formula is C20H16F6N2O4. The van der Waals surface area contributed by atoms with Gasteiger partial charge in [-0.25, -0.2) is 4.79 Å². The largest absolute Gasteiger partial charge is 0.503 e. The minimum absolute atomic E-state index is 0.0212. The van der Waals surface area contributed by atoms with Crippen LogP contribution in [0.15, 0.2) is 59.1 Å². The molecule has 0 aliphatic heterocycles. The predicted molar refractivity (Wildman–Crippen MR) is 99.2 cm³/mol. The fourth-order valence-corrected chi connectivity index (χ4v) is 2.53. The molecule has 12 heteroatoms. The number of hydrogen-bond acceptors (Lipinski definition) is 6. The van der Waals surface area contributed by atoms with Crippen LogP contribution in [-0.2, 0) is 38.1 Å². The summed E-state index contributed by atoms with van der Waals surface area (Å²) in [6, 6.07) is 7.15. The molecule has 0 aliphatic carbocycles. The van der Waals surface area contributed by atoms with Crippen molar-refractivity contribution in [3.05, 3.63) is 71.0 Å². The molecule has 0 bridgehead atoms. The van der Waals surface area contributed by atoms with E-state index in [9.17, 15) is 31.1 Å². The molecular weight excluding hydrogens is 446 g/mol. The van der Waals surface area contributed by atoms with Crippen LogP contribution in [0.25, 0.3) is 5.57 Å². The van der Waals surface area contributed by atoms with E-state index in [1.807, 2.05) is 0 Å². The summed E-state index contributed by atoms with van der Waals surface area (Å²) in [4.78, 5) is 16.9. The normalized spacial score (nSPS) is 12.7. The average Bonchev–Trinajstić information content (AvgIpc) is 2.73. The molecule has 32 heavy (non-hydrogen) atoms. The zero-order chi connectivity index (χ0) is 23.9. The SMILES string of the molecule is COC=C(C(=O)OC)c1ccccc1CON=Nc1cc(C(F)(F)F)cc(C(F)(F)F)c1. The van der Waals surface area contributed by atoms with Crippen LogP contribution in [0.3, 0.4) is 0 Å². The number of ether oxygens (including phenoxy) is 2. The van der Waals surface area contributed by atoms with Gasteiger partial charge in [0.1, 0.15) is 12.2 Å². The molecule has 0 saturated heterocycles. The van der Waals surface area contributed by atoms with E-state index in [-0.39, 0.29) is 18.2 Å². The number of nitrogens with zero attached hydrogens (tertiary/aromatic N) is 2. The zero-order valence-electron chi connectivity index (χ0n) is 16.6. The maximum Gasteiger partial charge on any atom is 0.416 e. The molecule has 0 aliphatic rings. The number of hydrogen-bond donors (Lipinski definition) is 0. The van der Waals surface area contributed by atoms with Crippen LogP contribution in [0.2, 0.25) is 0 Å². The number of benzene rings is 2. The number of esters is 1. The number of carbonyl (C=O) groups excluding carboxylic acids is 1. The Hall–Kier alpha value is -3.57. The average molecular weight is 462 g/mol. The second-order valence-corrected chi connectivity index (χ2v) is 6.14. The Morgan fingerprint density at radius 2 is 1.56 bits per heavy atom. The molecule has 0 unspecified atom stereocenters. The first kappa shape index (κ1) is 24.7. The van der Waals surface area contributed by atoms with Crippen LogP contribution in [-0.4, -0.2) is 20.2 Å². The molecule has 0 N–H and O–H groups in total. The molecule has 0 spiro atoms. The van der Waals surface area contributed by atoms with Crippen LogP contribution < -0.4 is 0 Å². The number of halogens is 6. The van der Waals surface area contributed by atoms with Gasteiger partial charge in [0.2, 0.25) is 0 Å². The fraction of sp³-hybridized carbons (Fsp3) is 0.250. The van der Waals surface area contributed by atoms with E-state index in [0.29, 0.717) is 23.3 Å². The van der Waals surface area contributed by atoms with Gasteiger partial charge in [-0.15, -0.1) is 5.11 Å². The zero-order valence-corrected chi connectivity index (χ0v) is 16.6. The fourth-order valence-electron chi connectivity index (χ4n) is 2.53. The third-order valence-electron chi connectivity index (χ3n) is 3.96. The third-order valence-corrected chi connectivity index (χ3v) is 3.96. The summed E-state index contributed by atoms with van der Waals surface area (Å²) < 4.78 is 86.9. The van der Waals surface area contributed by atoms with Gasteiger partial charge >= 0.3 is 18.3 Å². The van der Waals surface area contributed by atoms with Crippen molar-refractivity contribution in [3.8, 4) is 0 Å². The van der Waals surface area contributed by atoms with E-state index in [0.717, 1.165) is 6.26 Å². The Labute approximate surface area is 178 Å². The molecule has 0 heterocycles. The summed E-state index contributed by atoms with van der Waals surface area (Å²) in [6.07, 6.45) is -8.87. The quantitative estimate of drug-likeness (QED) is 0.125. The van der Waals surface area contributed by atoms with Crippen molar-refractivity contribution in [1.29, 1.82) is 0 Å². The highest BCUT2D eigenvalue weighted by atomic mass is 19.4. The topological polar surface area (TPSA) is 69.5 Å². The second kappa shape index (κ2) is 10.2. The molecule has 0 saturated carbocycles. The Morgan fingerprint density at radius 3 is 2.09 bits per heavy atom. The first-order valence-electron chi connectivity index (χ1n) is 8.69. The van der Waals surface area contributed by atoms with Crippen molar-refractivity contribution < 1.29 is 45.4 Å². The van der Waals surface area contributed by atoms with E-state index in [2.05, 4.69) is 15.1 Å². The van der Waals surface area contributed by atoms with Crippen molar-refractivity contribution in [1.82, 2.24) is 0 Å². The standard InChI is InChI=1S/C20H16F6N2O4/c1-30-11-17(18(29)31-2)16-6-4-3-5-12(16)10-32-28-27-15-8-13(19(21,22)23)7-14(9-15)20(24,25)26/h3-9,11H,10H2,1-2H3. The Balaban J connectivity index is 2.26. The summed E-state index contributed by atoms with van der Waals surface area (Å²) in [6.45, 7) is -0.303. The summed E-state index contributed by atoms with van der Waals surface area (Å²) in [5.74, 6) is -0.704. The molecule has 2 rings (SSSR count). The van der Waals surface area contributed by atoms with E-state index in [1.54, 1.807) is 24.3 Å². The second-order valence-electron chi connectivity index (χ2n) is 6.14. The van der Waals surface area contributed by atoms with Crippen molar-refractivity contribution in [2.24, 2.45) is 10.4 Å². The minimum atomic E-state index is -5.01. The number of carbonyl (C=O) groups is 1. The van der Waals surface area contributed by atoms with Crippen molar-refractivity contribution in [2.45, 2.75) is 19.0 Å². The molecule has 2 aromatic rings. The van der Waals surface area contributed by atoms with Gasteiger partial charge in [0, 0.05) is 10.8 Å². The Morgan fingerprint density at radius 1 is 0.969 bits per heavy atom. The molecule has 0 radical (unpaired) electrons. The highest BCUT2D eigenvalue weighted by Gasteiger charge is 2.37. The van der Waals surface area contributed by atoms with Crippen LogP contribution in [0.5, 0.6) is 0 Å². The van der Waals surface area contributed by atoms with Crippen LogP contribution in [0.4, 0.5) is 32.0 Å². The highest BCUT2D eigenvalue weighted by molar-refractivity contribution is 6.16. The molecule has 2 aromatic carbocycles. The van der Waals surface area contributed by atoms with Gasteiger partial charge in [0.15, 0.2) is 0 Å².